The van der Waals surface area contributed by atoms with Crippen LogP contribution in [0, 0.1) is 0 Å². The molecule has 1 aliphatic rings. The summed E-state index contributed by atoms with van der Waals surface area (Å²) < 4.78 is 33.6. The van der Waals surface area contributed by atoms with Gasteiger partial charge in [0.25, 0.3) is 0 Å². The Morgan fingerprint density at radius 2 is 1.81 bits per heavy atom. The molecule has 1 fully saturated rings. The van der Waals surface area contributed by atoms with Gasteiger partial charge in [-0.05, 0) is 37.2 Å². The zero-order valence-electron chi connectivity index (χ0n) is 17.1. The quantitative estimate of drug-likeness (QED) is 0.476. The van der Waals surface area contributed by atoms with Crippen LogP contribution in [-0.2, 0) is 14.8 Å². The van der Waals surface area contributed by atoms with E-state index in [0.29, 0.717) is 26.2 Å². The lowest BCUT2D eigenvalue weighted by atomic mass is 10.2. The van der Waals surface area contributed by atoms with Gasteiger partial charge in [0.1, 0.15) is 4.90 Å². The number of morpholine rings is 1. The molecule has 1 heterocycles. The summed E-state index contributed by atoms with van der Waals surface area (Å²) >= 11 is 12.3. The number of ether oxygens (including phenoxy) is 1. The number of amides is 2. The van der Waals surface area contributed by atoms with E-state index in [2.05, 4.69) is 9.62 Å². The largest absolute Gasteiger partial charge is 0.504 e. The van der Waals surface area contributed by atoms with E-state index in [1.54, 1.807) is 12.1 Å². The first-order valence-corrected chi connectivity index (χ1v) is 12.1. The van der Waals surface area contributed by atoms with E-state index in [1.165, 1.54) is 24.3 Å². The summed E-state index contributed by atoms with van der Waals surface area (Å²) in [4.78, 5) is 14.7. The molecule has 0 spiro atoms. The second-order valence-electron chi connectivity index (χ2n) is 7.07. The van der Waals surface area contributed by atoms with Crippen LogP contribution in [0.5, 0.6) is 5.75 Å². The number of para-hydroxylation sites is 1. The van der Waals surface area contributed by atoms with Gasteiger partial charge in [-0.1, -0.05) is 35.3 Å². The van der Waals surface area contributed by atoms with Crippen LogP contribution in [0.15, 0.2) is 41.3 Å². The summed E-state index contributed by atoms with van der Waals surface area (Å²) in [6.07, 6.45) is 0.560. The first-order valence-electron chi connectivity index (χ1n) is 9.87. The number of nitrogens with zero attached hydrogens (tertiary/aromatic N) is 2. The molecule has 0 radical (unpaired) electrons. The fourth-order valence-electron chi connectivity index (χ4n) is 3.38. The second-order valence-corrected chi connectivity index (χ2v) is 9.59. The minimum absolute atomic E-state index is 0.143. The van der Waals surface area contributed by atoms with Crippen LogP contribution >= 0.6 is 23.2 Å². The summed E-state index contributed by atoms with van der Waals surface area (Å²) in [7, 11) is -4.19. The van der Waals surface area contributed by atoms with Crippen LogP contribution in [0.3, 0.4) is 0 Å². The third-order valence-electron chi connectivity index (χ3n) is 4.93. The molecule has 9 nitrogen and oxygen atoms in total. The number of sulfonamides is 1. The average Bonchev–Trinajstić information content (AvgIpc) is 2.75. The Labute approximate surface area is 196 Å². The van der Waals surface area contributed by atoms with Crippen LogP contribution in [0.1, 0.15) is 6.42 Å². The number of hydrogen-bond donors (Lipinski definition) is 3. The lowest BCUT2D eigenvalue weighted by Crippen LogP contribution is -2.38. The number of carbonyl (C=O) groups excluding carboxylic acids is 1. The van der Waals surface area contributed by atoms with Gasteiger partial charge in [0.2, 0.25) is 10.0 Å². The summed E-state index contributed by atoms with van der Waals surface area (Å²) in [5.41, 5.74) is 5.53. The molecular weight excluding hydrogens is 479 g/mol. The Kier molecular flexibility index (Phi) is 8.21. The molecule has 0 atom stereocenters. The molecule has 2 aromatic carbocycles. The number of anilines is 2. The monoisotopic (exact) mass is 502 g/mol. The molecule has 2 amide bonds. The number of urea groups is 1. The molecule has 1 saturated heterocycles. The van der Waals surface area contributed by atoms with Gasteiger partial charge in [0.05, 0.1) is 34.6 Å². The van der Waals surface area contributed by atoms with Gasteiger partial charge in [-0.25, -0.2) is 17.9 Å². The highest BCUT2D eigenvalue weighted by Gasteiger charge is 2.29. The van der Waals surface area contributed by atoms with Crippen molar-refractivity contribution in [2.45, 2.75) is 11.3 Å². The lowest BCUT2D eigenvalue weighted by molar-refractivity contribution is 0.0376. The van der Waals surface area contributed by atoms with Crippen LogP contribution in [-0.4, -0.2) is 63.8 Å². The Balaban J connectivity index is 1.84. The van der Waals surface area contributed by atoms with Gasteiger partial charge >= 0.3 is 6.03 Å². The number of aromatic hydroxyl groups is 1. The Morgan fingerprint density at radius 1 is 1.12 bits per heavy atom. The number of nitrogens with one attached hydrogen (secondary N) is 1. The van der Waals surface area contributed by atoms with Gasteiger partial charge in [-0.15, -0.1) is 0 Å². The number of phenolic OH excluding ortho intramolecular Hbond substituents is 1. The number of primary amides is 1. The number of phenols is 1. The molecule has 0 bridgehead atoms. The van der Waals surface area contributed by atoms with Crippen molar-refractivity contribution in [1.29, 1.82) is 0 Å². The third-order valence-corrected chi connectivity index (χ3v) is 7.21. The molecule has 0 aliphatic carbocycles. The van der Waals surface area contributed by atoms with Crippen LogP contribution in [0.25, 0.3) is 0 Å². The number of rotatable bonds is 8. The fraction of sp³-hybridized carbons (Fsp3) is 0.350. The van der Waals surface area contributed by atoms with Gasteiger partial charge in [-0.3, -0.25) is 9.80 Å². The first kappa shape index (κ1) is 24.6. The van der Waals surface area contributed by atoms with E-state index in [1.807, 2.05) is 0 Å². The lowest BCUT2D eigenvalue weighted by Gasteiger charge is -2.26. The number of nitrogens with two attached hydrogens (primary N) is 1. The molecule has 1 aliphatic heterocycles. The minimum atomic E-state index is -4.19. The van der Waals surface area contributed by atoms with E-state index < -0.39 is 26.7 Å². The van der Waals surface area contributed by atoms with Crippen LogP contribution in [0.2, 0.25) is 10.0 Å². The molecular formula is C20H24Cl2N4O5S. The standard InChI is InChI=1S/C20H24Cl2N4O5S/c21-14-4-1-2-5-16(14)26(20(23)28)17-7-6-15(22)19(18(17)27)32(29,30)24-8-3-9-25-10-12-31-13-11-25/h1-2,4-7,24,27H,3,8-13H2,(H2,23,28). The maximum Gasteiger partial charge on any atom is 0.324 e. The van der Waals surface area contributed by atoms with Crippen LogP contribution in [0.4, 0.5) is 16.2 Å². The molecule has 12 heteroatoms. The highest BCUT2D eigenvalue weighted by Crippen LogP contribution is 2.42. The zero-order chi connectivity index (χ0) is 23.3. The van der Waals surface area contributed by atoms with E-state index in [-0.39, 0.29) is 28.0 Å². The van der Waals surface area contributed by atoms with Gasteiger partial charge < -0.3 is 15.6 Å². The highest BCUT2D eigenvalue weighted by molar-refractivity contribution is 7.89. The number of benzene rings is 2. The van der Waals surface area contributed by atoms with E-state index >= 15 is 0 Å². The predicted molar refractivity (Wildman–Crippen MR) is 123 cm³/mol. The fourth-order valence-corrected chi connectivity index (χ4v) is 5.30. The van der Waals surface area contributed by atoms with Crippen molar-refractivity contribution in [3.8, 4) is 5.75 Å². The number of hydrogen-bond acceptors (Lipinski definition) is 6. The number of halogens is 2. The van der Waals surface area contributed by atoms with E-state index in [9.17, 15) is 18.3 Å². The summed E-state index contributed by atoms with van der Waals surface area (Å²) in [5.74, 6) is -0.711. The molecule has 3 rings (SSSR count). The molecule has 0 aromatic heterocycles. The molecule has 2 aromatic rings. The highest BCUT2D eigenvalue weighted by atomic mass is 35.5. The first-order chi connectivity index (χ1) is 15.2. The normalized spacial score (nSPS) is 14.9. The van der Waals surface area contributed by atoms with Crippen molar-refractivity contribution in [3.05, 3.63) is 46.4 Å². The topological polar surface area (TPSA) is 125 Å². The molecule has 174 valence electrons. The van der Waals surface area contributed by atoms with E-state index in [0.717, 1.165) is 18.0 Å². The predicted octanol–water partition coefficient (Wildman–Crippen LogP) is 2.92. The zero-order valence-corrected chi connectivity index (χ0v) is 19.5. The van der Waals surface area contributed by atoms with Crippen molar-refractivity contribution in [1.82, 2.24) is 9.62 Å². The summed E-state index contributed by atoms with van der Waals surface area (Å²) in [6, 6.07) is 7.93. The van der Waals surface area contributed by atoms with Gasteiger partial charge in [0.15, 0.2) is 5.75 Å². The van der Waals surface area contributed by atoms with Crippen molar-refractivity contribution in [3.63, 3.8) is 0 Å². The van der Waals surface area contributed by atoms with Crippen molar-refractivity contribution >= 4 is 50.6 Å². The Hall–Kier alpha value is -2.08. The molecule has 0 saturated carbocycles. The van der Waals surface area contributed by atoms with Crippen molar-refractivity contribution in [2.75, 3.05) is 44.3 Å². The second kappa shape index (κ2) is 10.7. The number of carbonyl (C=O) groups is 1. The van der Waals surface area contributed by atoms with Crippen molar-refractivity contribution in [2.24, 2.45) is 5.73 Å². The van der Waals surface area contributed by atoms with Crippen LogP contribution < -0.4 is 15.4 Å². The van der Waals surface area contributed by atoms with Crippen molar-refractivity contribution < 1.29 is 23.1 Å². The smallest absolute Gasteiger partial charge is 0.324 e. The maximum absolute atomic E-state index is 12.9. The van der Waals surface area contributed by atoms with Gasteiger partial charge in [0, 0.05) is 19.6 Å². The summed E-state index contributed by atoms with van der Waals surface area (Å²) in [6.45, 7) is 3.75. The SMILES string of the molecule is NC(=O)N(c1ccccc1Cl)c1ccc(Cl)c(S(=O)(=O)NCCCN2CCOCC2)c1O. The molecule has 32 heavy (non-hydrogen) atoms. The maximum atomic E-state index is 12.9. The Morgan fingerprint density at radius 3 is 2.47 bits per heavy atom. The van der Waals surface area contributed by atoms with Gasteiger partial charge in [-0.2, -0.15) is 0 Å². The molecule has 4 N–H and O–H groups in total. The average molecular weight is 503 g/mol. The minimum Gasteiger partial charge on any atom is -0.504 e. The van der Waals surface area contributed by atoms with E-state index in [4.69, 9.17) is 33.7 Å². The Bertz CT molecular complexity index is 1080. The summed E-state index contributed by atoms with van der Waals surface area (Å²) in [5, 5.41) is 10.8. The third kappa shape index (κ3) is 5.64. The molecule has 0 unspecified atom stereocenters.